The van der Waals surface area contributed by atoms with Crippen molar-refractivity contribution in [2.45, 2.75) is 26.2 Å². The molecule has 0 atom stereocenters. The normalized spacial score (nSPS) is 15.0. The first-order valence-corrected chi connectivity index (χ1v) is 8.89. The predicted octanol–water partition coefficient (Wildman–Crippen LogP) is 3.51. The van der Waals surface area contributed by atoms with Gasteiger partial charge in [-0.2, -0.15) is 0 Å². The van der Waals surface area contributed by atoms with Crippen LogP contribution in [0.15, 0.2) is 24.5 Å². The van der Waals surface area contributed by atoms with Gasteiger partial charge in [-0.3, -0.25) is 9.78 Å². The summed E-state index contributed by atoms with van der Waals surface area (Å²) >= 11 is 0. The van der Waals surface area contributed by atoms with E-state index in [1.54, 1.807) is 4.90 Å². The Hall–Kier alpha value is -2.77. The second kappa shape index (κ2) is 8.28. The number of aromatic nitrogens is 2. The van der Waals surface area contributed by atoms with Crippen molar-refractivity contribution in [3.05, 3.63) is 36.2 Å². The van der Waals surface area contributed by atoms with Crippen LogP contribution in [-0.4, -0.2) is 40.7 Å². The van der Waals surface area contributed by atoms with E-state index in [2.05, 4.69) is 9.97 Å². The minimum atomic E-state index is -0.842. The Morgan fingerprint density at radius 3 is 2.52 bits per heavy atom. The summed E-state index contributed by atoms with van der Waals surface area (Å²) in [7, 11) is 0. The molecule has 27 heavy (non-hydrogen) atoms. The number of hydrogen-bond donors (Lipinski definition) is 1. The highest BCUT2D eigenvalue weighted by Crippen LogP contribution is 2.32. The molecule has 6 nitrogen and oxygen atoms in total. The van der Waals surface area contributed by atoms with Crippen LogP contribution in [-0.2, 0) is 4.79 Å². The molecule has 0 saturated carbocycles. The van der Waals surface area contributed by atoms with Gasteiger partial charge in [0.25, 0.3) is 0 Å². The first-order valence-electron chi connectivity index (χ1n) is 8.89. The van der Waals surface area contributed by atoms with Gasteiger partial charge in [0.05, 0.1) is 24.7 Å². The SMILES string of the molecule is CCOc1cncc(-c2cc(F)c(N3CCC(CC(=O)O)CC3)c(F)c2)n1. The highest BCUT2D eigenvalue weighted by atomic mass is 19.1. The van der Waals surface area contributed by atoms with Crippen molar-refractivity contribution in [1.29, 1.82) is 0 Å². The van der Waals surface area contributed by atoms with Gasteiger partial charge in [0, 0.05) is 25.1 Å². The topological polar surface area (TPSA) is 75.5 Å². The van der Waals surface area contributed by atoms with Crippen LogP contribution in [0.25, 0.3) is 11.3 Å². The number of anilines is 1. The maximum atomic E-state index is 14.7. The van der Waals surface area contributed by atoms with Gasteiger partial charge in [0.15, 0.2) is 0 Å². The van der Waals surface area contributed by atoms with E-state index in [1.165, 1.54) is 24.5 Å². The maximum absolute atomic E-state index is 14.7. The summed E-state index contributed by atoms with van der Waals surface area (Å²) in [5, 5.41) is 8.88. The Morgan fingerprint density at radius 2 is 1.93 bits per heavy atom. The first kappa shape index (κ1) is 19.0. The van der Waals surface area contributed by atoms with E-state index in [0.717, 1.165) is 0 Å². The van der Waals surface area contributed by atoms with Crippen LogP contribution in [0, 0.1) is 17.6 Å². The highest BCUT2D eigenvalue weighted by Gasteiger charge is 2.25. The first-order chi connectivity index (χ1) is 13.0. The Morgan fingerprint density at radius 1 is 1.26 bits per heavy atom. The molecule has 1 N–H and O–H groups in total. The van der Waals surface area contributed by atoms with Gasteiger partial charge >= 0.3 is 5.97 Å². The average molecular weight is 377 g/mol. The Balaban J connectivity index is 1.80. The van der Waals surface area contributed by atoms with Crippen molar-refractivity contribution < 1.29 is 23.4 Å². The summed E-state index contributed by atoms with van der Waals surface area (Å²) in [6.07, 6.45) is 4.14. The number of carboxylic acids is 1. The van der Waals surface area contributed by atoms with Crippen molar-refractivity contribution in [2.75, 3.05) is 24.6 Å². The molecule has 0 amide bonds. The molecule has 0 bridgehead atoms. The number of nitrogens with zero attached hydrogens (tertiary/aromatic N) is 3. The summed E-state index contributed by atoms with van der Waals surface area (Å²) in [4.78, 5) is 20.6. The number of halogens is 2. The van der Waals surface area contributed by atoms with Gasteiger partial charge in [0.1, 0.15) is 17.3 Å². The number of ether oxygens (including phenoxy) is 1. The third-order valence-electron chi connectivity index (χ3n) is 4.61. The molecule has 2 heterocycles. The standard InChI is InChI=1S/C19H21F2N3O3/c1-2-27-17-11-22-10-16(23-17)13-8-14(20)19(15(21)9-13)24-5-3-12(4-6-24)7-18(25)26/h8-12H,2-7H2,1H3,(H,25,26). The van der Waals surface area contributed by atoms with Crippen LogP contribution in [0.3, 0.4) is 0 Å². The lowest BCUT2D eigenvalue weighted by Crippen LogP contribution is -2.35. The molecule has 3 rings (SSSR count). The lowest BCUT2D eigenvalue weighted by Gasteiger charge is -2.33. The minimum Gasteiger partial charge on any atom is -0.481 e. The van der Waals surface area contributed by atoms with Gasteiger partial charge in [-0.25, -0.2) is 13.8 Å². The molecule has 0 radical (unpaired) electrons. The monoisotopic (exact) mass is 377 g/mol. The number of aliphatic carboxylic acids is 1. The van der Waals surface area contributed by atoms with Crippen LogP contribution in [0.2, 0.25) is 0 Å². The van der Waals surface area contributed by atoms with Gasteiger partial charge in [-0.15, -0.1) is 0 Å². The highest BCUT2D eigenvalue weighted by molar-refractivity contribution is 5.67. The van der Waals surface area contributed by atoms with Crippen LogP contribution in [0.5, 0.6) is 5.88 Å². The van der Waals surface area contributed by atoms with E-state index in [0.29, 0.717) is 44.1 Å². The van der Waals surface area contributed by atoms with E-state index in [1.807, 2.05) is 6.92 Å². The molecule has 0 aliphatic carbocycles. The largest absolute Gasteiger partial charge is 0.481 e. The second-order valence-corrected chi connectivity index (χ2v) is 6.49. The fourth-order valence-corrected chi connectivity index (χ4v) is 3.33. The molecule has 0 unspecified atom stereocenters. The average Bonchev–Trinajstić information content (AvgIpc) is 2.62. The number of carboxylic acid groups (broad SMARTS) is 1. The predicted molar refractivity (Wildman–Crippen MR) is 95.7 cm³/mol. The Labute approximate surface area is 155 Å². The fourth-order valence-electron chi connectivity index (χ4n) is 3.33. The Kier molecular flexibility index (Phi) is 5.83. The zero-order valence-electron chi connectivity index (χ0n) is 15.0. The van der Waals surface area contributed by atoms with Gasteiger partial charge < -0.3 is 14.7 Å². The molecule has 1 aliphatic rings. The number of benzene rings is 1. The minimum absolute atomic E-state index is 0.0423. The quantitative estimate of drug-likeness (QED) is 0.830. The molecule has 1 saturated heterocycles. The van der Waals surface area contributed by atoms with Gasteiger partial charge in [-0.1, -0.05) is 0 Å². The molecular weight excluding hydrogens is 356 g/mol. The molecule has 144 valence electrons. The van der Waals surface area contributed by atoms with Crippen LogP contribution >= 0.6 is 0 Å². The molecule has 0 spiro atoms. The zero-order valence-corrected chi connectivity index (χ0v) is 15.0. The summed E-state index contributed by atoms with van der Waals surface area (Å²) in [5.41, 5.74) is 0.524. The van der Waals surface area contributed by atoms with E-state index < -0.39 is 17.6 Å². The summed E-state index contributed by atoms with van der Waals surface area (Å²) in [6, 6.07) is 2.48. The summed E-state index contributed by atoms with van der Waals surface area (Å²) in [5.74, 6) is -1.86. The number of hydrogen-bond acceptors (Lipinski definition) is 5. The van der Waals surface area contributed by atoms with E-state index in [-0.39, 0.29) is 23.6 Å². The Bertz CT molecular complexity index is 801. The number of piperidine rings is 1. The molecule has 1 fully saturated rings. The molecule has 1 aromatic heterocycles. The molecular formula is C19H21F2N3O3. The zero-order chi connectivity index (χ0) is 19.4. The van der Waals surface area contributed by atoms with E-state index in [9.17, 15) is 13.6 Å². The summed E-state index contributed by atoms with van der Waals surface area (Å²) < 4.78 is 34.6. The smallest absolute Gasteiger partial charge is 0.303 e. The third-order valence-corrected chi connectivity index (χ3v) is 4.61. The van der Waals surface area contributed by atoms with Crippen molar-refractivity contribution in [2.24, 2.45) is 5.92 Å². The van der Waals surface area contributed by atoms with Crippen LogP contribution < -0.4 is 9.64 Å². The lowest BCUT2D eigenvalue weighted by molar-refractivity contribution is -0.138. The van der Waals surface area contributed by atoms with E-state index >= 15 is 0 Å². The molecule has 8 heteroatoms. The molecule has 1 aromatic carbocycles. The third kappa shape index (κ3) is 4.50. The fraction of sp³-hybridized carbons (Fsp3) is 0.421. The second-order valence-electron chi connectivity index (χ2n) is 6.49. The molecule has 2 aromatic rings. The summed E-state index contributed by atoms with van der Waals surface area (Å²) in [6.45, 7) is 3.06. The van der Waals surface area contributed by atoms with E-state index in [4.69, 9.17) is 9.84 Å². The van der Waals surface area contributed by atoms with Crippen LogP contribution in [0.4, 0.5) is 14.5 Å². The van der Waals surface area contributed by atoms with Crippen LogP contribution in [0.1, 0.15) is 26.2 Å². The van der Waals surface area contributed by atoms with Crippen molar-refractivity contribution >= 4 is 11.7 Å². The van der Waals surface area contributed by atoms with Gasteiger partial charge in [0.2, 0.25) is 5.88 Å². The van der Waals surface area contributed by atoms with Gasteiger partial charge in [-0.05, 0) is 37.8 Å². The number of rotatable bonds is 6. The van der Waals surface area contributed by atoms with Crippen molar-refractivity contribution in [3.63, 3.8) is 0 Å². The number of carbonyl (C=O) groups is 1. The van der Waals surface area contributed by atoms with Crippen molar-refractivity contribution in [1.82, 2.24) is 9.97 Å². The lowest BCUT2D eigenvalue weighted by atomic mass is 9.93. The van der Waals surface area contributed by atoms with Crippen molar-refractivity contribution in [3.8, 4) is 17.1 Å². The molecule has 1 aliphatic heterocycles. The maximum Gasteiger partial charge on any atom is 0.303 e.